The van der Waals surface area contributed by atoms with E-state index in [4.69, 9.17) is 0 Å². The van der Waals surface area contributed by atoms with Crippen molar-refractivity contribution in [3.05, 3.63) is 46.3 Å². The monoisotopic (exact) mass is 489 g/mol. The van der Waals surface area contributed by atoms with Crippen LogP contribution in [0.2, 0.25) is 0 Å². The number of fused-ring (bicyclic) bond motifs is 1. The molecule has 2 atom stereocenters. The first-order valence-electron chi connectivity index (χ1n) is 11.0. The molecule has 184 valence electrons. The summed E-state index contributed by atoms with van der Waals surface area (Å²) >= 11 is 0. The molecule has 0 aliphatic heterocycles. The number of hydrogen-bond acceptors (Lipinski definition) is 9. The van der Waals surface area contributed by atoms with Crippen molar-refractivity contribution in [3.63, 3.8) is 0 Å². The Labute approximate surface area is 198 Å². The molecule has 0 radical (unpaired) electrons. The molecule has 0 fully saturated rings. The number of rotatable bonds is 10. The van der Waals surface area contributed by atoms with Crippen LogP contribution in [0.15, 0.2) is 29.3 Å². The molecule has 0 saturated carbocycles. The van der Waals surface area contributed by atoms with Gasteiger partial charge >= 0.3 is 0 Å². The molecule has 2 heterocycles. The Kier molecular flexibility index (Phi) is 7.82. The first-order chi connectivity index (χ1) is 15.9. The number of aromatic nitrogens is 5. The van der Waals surface area contributed by atoms with Crippen molar-refractivity contribution in [2.24, 2.45) is 13.0 Å². The van der Waals surface area contributed by atoms with Gasteiger partial charge in [0.2, 0.25) is 21.9 Å². The average Bonchev–Trinajstić information content (AvgIpc) is 2.74. The number of benzene rings is 1. The molecule has 0 aliphatic carbocycles. The summed E-state index contributed by atoms with van der Waals surface area (Å²) in [5, 5.41) is 13.3. The van der Waals surface area contributed by atoms with E-state index < -0.39 is 10.0 Å². The summed E-state index contributed by atoms with van der Waals surface area (Å²) in [5.41, 5.74) is 1.42. The third-order valence-electron chi connectivity index (χ3n) is 5.27. The number of sulfonamides is 1. The van der Waals surface area contributed by atoms with Gasteiger partial charge in [0.1, 0.15) is 5.82 Å². The molecule has 0 spiro atoms. The van der Waals surface area contributed by atoms with Gasteiger partial charge in [0, 0.05) is 13.5 Å². The van der Waals surface area contributed by atoms with Crippen LogP contribution in [0.4, 0.5) is 11.9 Å². The standard InChI is InChI=1S/C22H31N7O4S/c1-13(2)8-16(11-30)24-21-25-19(26-22(27-21)28-34(5,32)33)9-14(3)15-6-7-17-18(10-15)23-12-29(4)20(17)31/h6-7,10,12-14,16,30H,8-9,11H2,1-5H3,(H2,24,25,26,27,28)/t14?,16-/m1/s1. The van der Waals surface area contributed by atoms with Gasteiger partial charge in [-0.1, -0.05) is 26.8 Å². The van der Waals surface area contributed by atoms with Crippen molar-refractivity contribution < 1.29 is 13.5 Å². The Morgan fingerprint density at radius 1 is 1.12 bits per heavy atom. The number of anilines is 2. The molecule has 0 amide bonds. The molecule has 34 heavy (non-hydrogen) atoms. The van der Waals surface area contributed by atoms with E-state index in [1.807, 2.05) is 32.9 Å². The maximum absolute atomic E-state index is 12.3. The van der Waals surface area contributed by atoms with Crippen molar-refractivity contribution in [1.29, 1.82) is 0 Å². The molecule has 1 unspecified atom stereocenters. The van der Waals surface area contributed by atoms with Crippen LogP contribution in [0, 0.1) is 5.92 Å². The molecule has 11 nitrogen and oxygen atoms in total. The van der Waals surface area contributed by atoms with E-state index in [-0.39, 0.29) is 36.0 Å². The first-order valence-corrected chi connectivity index (χ1v) is 12.9. The second-order valence-electron chi connectivity index (χ2n) is 8.97. The second-order valence-corrected chi connectivity index (χ2v) is 10.7. The maximum atomic E-state index is 12.3. The fraction of sp³-hybridized carbons (Fsp3) is 0.500. The topological polar surface area (TPSA) is 152 Å². The number of aryl methyl sites for hydroxylation is 1. The van der Waals surface area contributed by atoms with Gasteiger partial charge in [-0.05, 0) is 36.0 Å². The van der Waals surface area contributed by atoms with E-state index >= 15 is 0 Å². The summed E-state index contributed by atoms with van der Waals surface area (Å²) in [7, 11) is -1.94. The fourth-order valence-electron chi connectivity index (χ4n) is 3.64. The summed E-state index contributed by atoms with van der Waals surface area (Å²) in [4.78, 5) is 29.5. The minimum atomic E-state index is -3.60. The van der Waals surface area contributed by atoms with E-state index in [0.717, 1.165) is 11.8 Å². The van der Waals surface area contributed by atoms with E-state index in [1.54, 1.807) is 13.1 Å². The molecule has 0 saturated heterocycles. The van der Waals surface area contributed by atoms with Crippen LogP contribution in [-0.4, -0.2) is 56.9 Å². The summed E-state index contributed by atoms with van der Waals surface area (Å²) in [6.07, 6.45) is 3.58. The van der Waals surface area contributed by atoms with Gasteiger partial charge in [-0.15, -0.1) is 0 Å². The number of nitrogens with zero attached hydrogens (tertiary/aromatic N) is 5. The van der Waals surface area contributed by atoms with Gasteiger partial charge < -0.3 is 15.0 Å². The number of aliphatic hydroxyl groups excluding tert-OH is 1. The smallest absolute Gasteiger partial charge is 0.260 e. The Morgan fingerprint density at radius 2 is 1.82 bits per heavy atom. The quantitative estimate of drug-likeness (QED) is 0.386. The zero-order valence-corrected chi connectivity index (χ0v) is 20.8. The largest absolute Gasteiger partial charge is 0.394 e. The number of hydrogen-bond donors (Lipinski definition) is 3. The van der Waals surface area contributed by atoms with Crippen molar-refractivity contribution in [1.82, 2.24) is 24.5 Å². The van der Waals surface area contributed by atoms with Gasteiger partial charge in [0.15, 0.2) is 0 Å². The lowest BCUT2D eigenvalue weighted by molar-refractivity contribution is 0.259. The van der Waals surface area contributed by atoms with Crippen LogP contribution in [0.1, 0.15) is 44.5 Å². The normalized spacial score (nSPS) is 13.7. The zero-order valence-electron chi connectivity index (χ0n) is 20.0. The molecule has 1 aromatic carbocycles. The molecule has 3 rings (SSSR count). The van der Waals surface area contributed by atoms with Crippen LogP contribution in [0.3, 0.4) is 0 Å². The van der Waals surface area contributed by atoms with E-state index in [2.05, 4.69) is 30.0 Å². The predicted molar refractivity (Wildman–Crippen MR) is 131 cm³/mol. The highest BCUT2D eigenvalue weighted by atomic mass is 32.2. The fourth-order valence-corrected chi connectivity index (χ4v) is 4.07. The third-order valence-corrected chi connectivity index (χ3v) is 5.82. The van der Waals surface area contributed by atoms with Crippen LogP contribution in [0.5, 0.6) is 0 Å². The maximum Gasteiger partial charge on any atom is 0.260 e. The van der Waals surface area contributed by atoms with Crippen molar-refractivity contribution in [2.45, 2.75) is 45.6 Å². The minimum Gasteiger partial charge on any atom is -0.394 e. The second kappa shape index (κ2) is 10.4. The molecule has 12 heteroatoms. The predicted octanol–water partition coefficient (Wildman–Crippen LogP) is 1.66. The van der Waals surface area contributed by atoms with Crippen molar-refractivity contribution in [3.8, 4) is 0 Å². The molecule has 0 aliphatic rings. The molecule has 2 aromatic heterocycles. The molecular weight excluding hydrogens is 458 g/mol. The zero-order chi connectivity index (χ0) is 25.0. The minimum absolute atomic E-state index is 0.0547. The van der Waals surface area contributed by atoms with Crippen LogP contribution < -0.4 is 15.6 Å². The Morgan fingerprint density at radius 3 is 2.47 bits per heavy atom. The Hall–Kier alpha value is -3.12. The molecule has 3 aromatic rings. The van der Waals surface area contributed by atoms with E-state index in [0.29, 0.717) is 35.5 Å². The van der Waals surface area contributed by atoms with Gasteiger partial charge in [-0.3, -0.25) is 9.52 Å². The Balaban J connectivity index is 1.91. The lowest BCUT2D eigenvalue weighted by Crippen LogP contribution is -2.27. The van der Waals surface area contributed by atoms with E-state index in [9.17, 15) is 18.3 Å². The summed E-state index contributed by atoms with van der Waals surface area (Å²) < 4.78 is 27.3. The molecule has 3 N–H and O–H groups in total. The van der Waals surface area contributed by atoms with Crippen LogP contribution >= 0.6 is 0 Å². The highest BCUT2D eigenvalue weighted by Gasteiger charge is 2.17. The summed E-state index contributed by atoms with van der Waals surface area (Å²) in [5.74, 6) is 0.757. The average molecular weight is 490 g/mol. The molecule has 0 bridgehead atoms. The van der Waals surface area contributed by atoms with Gasteiger partial charge in [0.05, 0.1) is 36.1 Å². The lowest BCUT2D eigenvalue weighted by atomic mass is 9.96. The summed E-state index contributed by atoms with van der Waals surface area (Å²) in [6.45, 7) is 5.94. The molecular formula is C22H31N7O4S. The van der Waals surface area contributed by atoms with Crippen LogP contribution in [0.25, 0.3) is 10.9 Å². The van der Waals surface area contributed by atoms with Gasteiger partial charge in [0.25, 0.3) is 5.56 Å². The highest BCUT2D eigenvalue weighted by molar-refractivity contribution is 7.91. The van der Waals surface area contributed by atoms with E-state index in [1.165, 1.54) is 10.9 Å². The number of nitrogens with one attached hydrogen (secondary N) is 2. The third kappa shape index (κ3) is 6.70. The van der Waals surface area contributed by atoms with Crippen LogP contribution in [-0.2, 0) is 23.5 Å². The highest BCUT2D eigenvalue weighted by Crippen LogP contribution is 2.23. The number of aliphatic hydroxyl groups is 1. The van der Waals surface area contributed by atoms with Crippen molar-refractivity contribution in [2.75, 3.05) is 22.9 Å². The lowest BCUT2D eigenvalue weighted by Gasteiger charge is -2.19. The Bertz CT molecular complexity index is 1320. The summed E-state index contributed by atoms with van der Waals surface area (Å²) in [6, 6.07) is 5.21. The first kappa shape index (κ1) is 25.5. The van der Waals surface area contributed by atoms with Gasteiger partial charge in [-0.25, -0.2) is 13.4 Å². The SMILES string of the molecule is CC(C)C[C@H](CO)Nc1nc(CC(C)c2ccc3c(=O)n(C)cnc3c2)nc(NS(C)(=O)=O)n1. The van der Waals surface area contributed by atoms with Crippen molar-refractivity contribution >= 4 is 32.8 Å². The van der Waals surface area contributed by atoms with Gasteiger partial charge in [-0.2, -0.15) is 15.0 Å².